The average molecular weight is 355 g/mol. The van der Waals surface area contributed by atoms with Crippen LogP contribution in [0.25, 0.3) is 0 Å². The zero-order valence-corrected chi connectivity index (χ0v) is 16.3. The van der Waals surface area contributed by atoms with Crippen LogP contribution in [0.3, 0.4) is 0 Å². The lowest BCUT2D eigenvalue weighted by Crippen LogP contribution is -2.40. The minimum Gasteiger partial charge on any atom is -0.497 e. The molecule has 140 valence electrons. The molecule has 0 aromatic heterocycles. The normalized spacial score (nSPS) is 13.0. The second-order valence-electron chi connectivity index (χ2n) is 6.53. The Morgan fingerprint density at radius 3 is 2.31 bits per heavy atom. The van der Waals surface area contributed by atoms with Gasteiger partial charge in [0.1, 0.15) is 11.5 Å². The third-order valence-electron chi connectivity index (χ3n) is 4.52. The summed E-state index contributed by atoms with van der Waals surface area (Å²) < 4.78 is 11.2. The lowest BCUT2D eigenvalue weighted by molar-refractivity contribution is -0.129. The average Bonchev–Trinajstić information content (AvgIpc) is 2.66. The van der Waals surface area contributed by atoms with E-state index >= 15 is 0 Å². The Labute approximate surface area is 156 Å². The molecule has 26 heavy (non-hydrogen) atoms. The fraction of sp³-hybridized carbons (Fsp3) is 0.409. The second kappa shape index (κ2) is 9.27. The number of benzene rings is 2. The monoisotopic (exact) mass is 355 g/mol. The Hall–Kier alpha value is -2.49. The molecule has 2 rings (SSSR count). The summed E-state index contributed by atoms with van der Waals surface area (Å²) in [7, 11) is 1.64. The highest BCUT2D eigenvalue weighted by Crippen LogP contribution is 2.23. The van der Waals surface area contributed by atoms with Crippen molar-refractivity contribution in [1.29, 1.82) is 0 Å². The smallest absolute Gasteiger partial charge is 0.261 e. The van der Waals surface area contributed by atoms with Gasteiger partial charge in [0, 0.05) is 0 Å². The molecule has 1 amide bonds. The molecule has 0 fully saturated rings. The maximum absolute atomic E-state index is 12.8. The largest absolute Gasteiger partial charge is 0.497 e. The molecule has 0 saturated carbocycles. The first-order valence-corrected chi connectivity index (χ1v) is 9.16. The van der Waals surface area contributed by atoms with Crippen LogP contribution in [-0.4, -0.2) is 19.1 Å². The van der Waals surface area contributed by atoms with Crippen molar-refractivity contribution in [2.75, 3.05) is 7.11 Å². The van der Waals surface area contributed by atoms with Crippen LogP contribution in [-0.2, 0) is 4.79 Å². The third kappa shape index (κ3) is 5.01. The molecule has 0 heterocycles. The van der Waals surface area contributed by atoms with Gasteiger partial charge in [0.15, 0.2) is 6.10 Å². The number of aryl methyl sites for hydroxylation is 2. The van der Waals surface area contributed by atoms with E-state index < -0.39 is 6.10 Å². The molecule has 0 saturated heterocycles. The van der Waals surface area contributed by atoms with Gasteiger partial charge in [0.25, 0.3) is 5.91 Å². The second-order valence-corrected chi connectivity index (χ2v) is 6.53. The number of rotatable bonds is 8. The van der Waals surface area contributed by atoms with Crippen LogP contribution in [0.2, 0.25) is 0 Å². The SMILES string of the molecule is CCC(Oc1cc(C)ccc1C)C(=O)NC(CC)c1ccc(OC)cc1. The van der Waals surface area contributed by atoms with E-state index in [-0.39, 0.29) is 11.9 Å². The number of hydrogen-bond acceptors (Lipinski definition) is 3. The maximum atomic E-state index is 12.8. The van der Waals surface area contributed by atoms with E-state index in [4.69, 9.17) is 9.47 Å². The number of carbonyl (C=O) groups excluding carboxylic acids is 1. The highest BCUT2D eigenvalue weighted by Gasteiger charge is 2.22. The molecule has 0 spiro atoms. The number of nitrogens with one attached hydrogen (secondary N) is 1. The molecule has 2 unspecified atom stereocenters. The van der Waals surface area contributed by atoms with Gasteiger partial charge in [-0.15, -0.1) is 0 Å². The first-order chi connectivity index (χ1) is 12.5. The molecule has 2 atom stereocenters. The van der Waals surface area contributed by atoms with Crippen molar-refractivity contribution in [1.82, 2.24) is 5.32 Å². The first-order valence-electron chi connectivity index (χ1n) is 9.16. The zero-order valence-electron chi connectivity index (χ0n) is 16.3. The van der Waals surface area contributed by atoms with Crippen molar-refractivity contribution in [3.05, 3.63) is 59.2 Å². The van der Waals surface area contributed by atoms with Crippen LogP contribution < -0.4 is 14.8 Å². The van der Waals surface area contributed by atoms with Crippen molar-refractivity contribution in [2.45, 2.75) is 52.7 Å². The van der Waals surface area contributed by atoms with E-state index in [1.807, 2.05) is 63.2 Å². The molecule has 2 aromatic rings. The van der Waals surface area contributed by atoms with Gasteiger partial charge in [0.05, 0.1) is 13.2 Å². The summed E-state index contributed by atoms with van der Waals surface area (Å²) in [4.78, 5) is 12.8. The molecule has 0 aliphatic heterocycles. The fourth-order valence-corrected chi connectivity index (χ4v) is 2.83. The topological polar surface area (TPSA) is 47.6 Å². The summed E-state index contributed by atoms with van der Waals surface area (Å²) in [6.07, 6.45) is 0.902. The van der Waals surface area contributed by atoms with Gasteiger partial charge in [0.2, 0.25) is 0 Å². The highest BCUT2D eigenvalue weighted by molar-refractivity contribution is 5.81. The zero-order chi connectivity index (χ0) is 19.1. The van der Waals surface area contributed by atoms with Crippen molar-refractivity contribution in [3.8, 4) is 11.5 Å². The Bertz CT molecular complexity index is 725. The van der Waals surface area contributed by atoms with Crippen LogP contribution in [0, 0.1) is 13.8 Å². The Balaban J connectivity index is 2.09. The third-order valence-corrected chi connectivity index (χ3v) is 4.52. The predicted octanol–water partition coefficient (Wildman–Crippen LogP) is 4.74. The molecule has 1 N–H and O–H groups in total. The Kier molecular flexibility index (Phi) is 7.07. The van der Waals surface area contributed by atoms with Gasteiger partial charge < -0.3 is 14.8 Å². The van der Waals surface area contributed by atoms with Crippen molar-refractivity contribution in [3.63, 3.8) is 0 Å². The van der Waals surface area contributed by atoms with E-state index in [2.05, 4.69) is 12.2 Å². The van der Waals surface area contributed by atoms with Crippen molar-refractivity contribution < 1.29 is 14.3 Å². The molecular weight excluding hydrogens is 326 g/mol. The van der Waals surface area contributed by atoms with E-state index in [9.17, 15) is 4.79 Å². The van der Waals surface area contributed by atoms with Gasteiger partial charge >= 0.3 is 0 Å². The van der Waals surface area contributed by atoms with Crippen LogP contribution in [0.15, 0.2) is 42.5 Å². The summed E-state index contributed by atoms with van der Waals surface area (Å²) >= 11 is 0. The van der Waals surface area contributed by atoms with Gasteiger partial charge in [-0.3, -0.25) is 4.79 Å². The number of amides is 1. The molecule has 4 heteroatoms. The minimum absolute atomic E-state index is 0.0512. The molecular formula is C22H29NO3. The van der Waals surface area contributed by atoms with E-state index in [0.29, 0.717) is 6.42 Å². The number of ether oxygens (including phenoxy) is 2. The lowest BCUT2D eigenvalue weighted by Gasteiger charge is -2.23. The van der Waals surface area contributed by atoms with Crippen LogP contribution in [0.5, 0.6) is 11.5 Å². The quantitative estimate of drug-likeness (QED) is 0.744. The molecule has 0 radical (unpaired) electrons. The van der Waals surface area contributed by atoms with E-state index in [0.717, 1.165) is 34.6 Å². The number of carbonyl (C=O) groups is 1. The van der Waals surface area contributed by atoms with Gasteiger partial charge in [-0.2, -0.15) is 0 Å². The van der Waals surface area contributed by atoms with E-state index in [1.165, 1.54) is 0 Å². The van der Waals surface area contributed by atoms with Crippen molar-refractivity contribution in [2.24, 2.45) is 0 Å². The van der Waals surface area contributed by atoms with Crippen molar-refractivity contribution >= 4 is 5.91 Å². The summed E-state index contributed by atoms with van der Waals surface area (Å²) in [6, 6.07) is 13.8. The number of hydrogen-bond donors (Lipinski definition) is 1. The fourth-order valence-electron chi connectivity index (χ4n) is 2.83. The predicted molar refractivity (Wildman–Crippen MR) is 105 cm³/mol. The highest BCUT2D eigenvalue weighted by atomic mass is 16.5. The Morgan fingerprint density at radius 2 is 1.73 bits per heavy atom. The van der Waals surface area contributed by atoms with Gasteiger partial charge in [-0.05, 0) is 61.6 Å². The Morgan fingerprint density at radius 1 is 1.04 bits per heavy atom. The summed E-state index contributed by atoms with van der Waals surface area (Å²) in [6.45, 7) is 8.03. The van der Waals surface area contributed by atoms with Crippen LogP contribution >= 0.6 is 0 Å². The van der Waals surface area contributed by atoms with E-state index in [1.54, 1.807) is 7.11 Å². The van der Waals surface area contributed by atoms with Crippen LogP contribution in [0.1, 0.15) is 49.4 Å². The molecule has 4 nitrogen and oxygen atoms in total. The lowest BCUT2D eigenvalue weighted by atomic mass is 10.0. The summed E-state index contributed by atoms with van der Waals surface area (Å²) in [5.41, 5.74) is 3.21. The number of methoxy groups -OCH3 is 1. The van der Waals surface area contributed by atoms with Crippen LogP contribution in [0.4, 0.5) is 0 Å². The van der Waals surface area contributed by atoms with Gasteiger partial charge in [-0.25, -0.2) is 0 Å². The summed E-state index contributed by atoms with van der Waals surface area (Å²) in [5.74, 6) is 1.49. The summed E-state index contributed by atoms with van der Waals surface area (Å²) in [5, 5.41) is 3.12. The standard InChI is InChI=1S/C22H29NO3/c1-6-19(17-10-12-18(25-5)13-11-17)23-22(24)20(7-2)26-21-14-15(3)8-9-16(21)4/h8-14,19-20H,6-7H2,1-5H3,(H,23,24). The molecule has 0 aliphatic rings. The first kappa shape index (κ1) is 19.8. The maximum Gasteiger partial charge on any atom is 0.261 e. The van der Waals surface area contributed by atoms with Gasteiger partial charge in [-0.1, -0.05) is 38.1 Å². The molecule has 2 aromatic carbocycles. The minimum atomic E-state index is -0.511. The molecule has 0 bridgehead atoms. The molecule has 0 aliphatic carbocycles.